The fourth-order valence-electron chi connectivity index (χ4n) is 1.90. The van der Waals surface area contributed by atoms with Gasteiger partial charge in [-0.3, -0.25) is 14.4 Å². The molecule has 0 radical (unpaired) electrons. The number of nitrogens with one attached hydrogen (secondary N) is 2. The standard InChI is InChI=1S/C14H16ClN3O4/c1-18(22-2)13(20)7-12(19)17-14(21)11-6-8-5-9(15)3-4-10(8)16-11/h3-6,12,16,19H,7H2,1-2H3,(H,17,21). The molecule has 0 aliphatic carbocycles. The number of hydroxylamine groups is 2. The highest BCUT2D eigenvalue weighted by Crippen LogP contribution is 2.20. The molecule has 1 heterocycles. The third-order valence-electron chi connectivity index (χ3n) is 3.12. The first-order chi connectivity index (χ1) is 10.4. The van der Waals surface area contributed by atoms with Crippen molar-refractivity contribution < 1.29 is 19.5 Å². The Labute approximate surface area is 131 Å². The average molecular weight is 326 g/mol. The number of carbonyl (C=O) groups excluding carboxylic acids is 2. The van der Waals surface area contributed by atoms with Gasteiger partial charge in [0.2, 0.25) is 5.91 Å². The summed E-state index contributed by atoms with van der Waals surface area (Å²) in [6.45, 7) is 0. The number of benzene rings is 1. The Morgan fingerprint density at radius 1 is 1.45 bits per heavy atom. The van der Waals surface area contributed by atoms with Gasteiger partial charge >= 0.3 is 0 Å². The van der Waals surface area contributed by atoms with Gasteiger partial charge in [-0.1, -0.05) is 11.6 Å². The molecule has 0 bridgehead atoms. The third kappa shape index (κ3) is 3.76. The quantitative estimate of drug-likeness (QED) is 0.570. The molecule has 8 heteroatoms. The number of aliphatic hydroxyl groups excluding tert-OH is 1. The van der Waals surface area contributed by atoms with Crippen molar-refractivity contribution in [2.24, 2.45) is 0 Å². The van der Waals surface area contributed by atoms with E-state index in [0.29, 0.717) is 5.02 Å². The number of H-pyrrole nitrogens is 1. The maximum Gasteiger partial charge on any atom is 0.269 e. The lowest BCUT2D eigenvalue weighted by molar-refractivity contribution is -0.170. The molecule has 0 saturated carbocycles. The Bertz CT molecular complexity index is 700. The van der Waals surface area contributed by atoms with Crippen LogP contribution < -0.4 is 5.32 Å². The second-order valence-corrected chi connectivity index (χ2v) is 5.12. The number of nitrogens with zero attached hydrogens (tertiary/aromatic N) is 1. The van der Waals surface area contributed by atoms with Crippen molar-refractivity contribution >= 4 is 34.3 Å². The van der Waals surface area contributed by atoms with Crippen LogP contribution in [0.4, 0.5) is 0 Å². The molecule has 2 amide bonds. The molecule has 1 aromatic carbocycles. The molecule has 1 unspecified atom stereocenters. The molecule has 7 nitrogen and oxygen atoms in total. The summed E-state index contributed by atoms with van der Waals surface area (Å²) in [6, 6.07) is 6.79. The van der Waals surface area contributed by atoms with Crippen molar-refractivity contribution in [1.82, 2.24) is 15.4 Å². The molecule has 0 fully saturated rings. The third-order valence-corrected chi connectivity index (χ3v) is 3.35. The van der Waals surface area contributed by atoms with Crippen LogP contribution in [0.2, 0.25) is 5.02 Å². The van der Waals surface area contributed by atoms with Gasteiger partial charge in [0, 0.05) is 23.0 Å². The summed E-state index contributed by atoms with van der Waals surface area (Å²) in [7, 11) is 2.75. The SMILES string of the molecule is CON(C)C(=O)CC(O)NC(=O)c1cc2cc(Cl)ccc2[nH]1. The van der Waals surface area contributed by atoms with Crippen molar-refractivity contribution in [2.45, 2.75) is 12.6 Å². The van der Waals surface area contributed by atoms with E-state index in [2.05, 4.69) is 10.3 Å². The van der Waals surface area contributed by atoms with E-state index in [1.165, 1.54) is 14.2 Å². The molecule has 0 aliphatic rings. The van der Waals surface area contributed by atoms with E-state index < -0.39 is 18.0 Å². The molecule has 0 saturated heterocycles. The van der Waals surface area contributed by atoms with Crippen LogP contribution in [0.15, 0.2) is 24.3 Å². The molecule has 118 valence electrons. The van der Waals surface area contributed by atoms with Crippen LogP contribution >= 0.6 is 11.6 Å². The predicted octanol–water partition coefficient (Wildman–Crippen LogP) is 1.28. The Hall–Kier alpha value is -2.09. The molecule has 1 aromatic heterocycles. The zero-order chi connectivity index (χ0) is 16.3. The smallest absolute Gasteiger partial charge is 0.269 e. The van der Waals surface area contributed by atoms with E-state index in [-0.39, 0.29) is 12.1 Å². The van der Waals surface area contributed by atoms with Crippen LogP contribution in [0.3, 0.4) is 0 Å². The van der Waals surface area contributed by atoms with E-state index in [1.54, 1.807) is 24.3 Å². The van der Waals surface area contributed by atoms with Crippen molar-refractivity contribution in [1.29, 1.82) is 0 Å². The molecular weight excluding hydrogens is 310 g/mol. The molecule has 1 atom stereocenters. The van der Waals surface area contributed by atoms with Crippen LogP contribution in [0.25, 0.3) is 10.9 Å². The molecule has 22 heavy (non-hydrogen) atoms. The normalized spacial score (nSPS) is 12.2. The Kier molecular flexibility index (Phi) is 5.02. The van der Waals surface area contributed by atoms with E-state index >= 15 is 0 Å². The number of hydrogen-bond acceptors (Lipinski definition) is 4. The first-order valence-electron chi connectivity index (χ1n) is 6.48. The summed E-state index contributed by atoms with van der Waals surface area (Å²) in [5.41, 5.74) is 1.02. The van der Waals surface area contributed by atoms with Crippen molar-refractivity contribution in [3.8, 4) is 0 Å². The monoisotopic (exact) mass is 325 g/mol. The lowest BCUT2D eigenvalue weighted by Gasteiger charge is -2.16. The molecule has 0 spiro atoms. The van der Waals surface area contributed by atoms with Crippen LogP contribution in [0.5, 0.6) is 0 Å². The van der Waals surface area contributed by atoms with Crippen molar-refractivity contribution in [3.63, 3.8) is 0 Å². The summed E-state index contributed by atoms with van der Waals surface area (Å²) in [5, 5.41) is 14.4. The van der Waals surface area contributed by atoms with E-state index in [4.69, 9.17) is 16.4 Å². The summed E-state index contributed by atoms with van der Waals surface area (Å²) in [6.07, 6.45) is -1.60. The first kappa shape index (κ1) is 16.3. The number of carbonyl (C=O) groups is 2. The summed E-state index contributed by atoms with van der Waals surface area (Å²) < 4.78 is 0. The van der Waals surface area contributed by atoms with Gasteiger partial charge in [-0.05, 0) is 24.3 Å². The average Bonchev–Trinajstić information content (AvgIpc) is 2.89. The number of halogens is 1. The second-order valence-electron chi connectivity index (χ2n) is 4.68. The second kappa shape index (κ2) is 6.78. The summed E-state index contributed by atoms with van der Waals surface area (Å²) in [4.78, 5) is 31.2. The van der Waals surface area contributed by atoms with Crippen LogP contribution in [0, 0.1) is 0 Å². The molecule has 2 rings (SSSR count). The maximum absolute atomic E-state index is 12.0. The van der Waals surface area contributed by atoms with Gasteiger partial charge in [-0.25, -0.2) is 5.06 Å². The van der Waals surface area contributed by atoms with Gasteiger partial charge in [0.25, 0.3) is 5.91 Å². The molecule has 3 N–H and O–H groups in total. The zero-order valence-electron chi connectivity index (χ0n) is 12.1. The van der Waals surface area contributed by atoms with Gasteiger partial charge in [-0.15, -0.1) is 0 Å². The summed E-state index contributed by atoms with van der Waals surface area (Å²) in [5.74, 6) is -0.980. The van der Waals surface area contributed by atoms with Gasteiger partial charge < -0.3 is 15.4 Å². The number of aliphatic hydroxyl groups is 1. The van der Waals surface area contributed by atoms with Crippen molar-refractivity contribution in [2.75, 3.05) is 14.2 Å². The molecule has 2 aromatic rings. The fraction of sp³-hybridized carbons (Fsp3) is 0.286. The van der Waals surface area contributed by atoms with E-state index in [1.807, 2.05) is 0 Å². The van der Waals surface area contributed by atoms with Crippen molar-refractivity contribution in [3.05, 3.63) is 35.0 Å². The van der Waals surface area contributed by atoms with E-state index in [0.717, 1.165) is 16.0 Å². The van der Waals surface area contributed by atoms with Crippen LogP contribution in [0.1, 0.15) is 16.9 Å². The van der Waals surface area contributed by atoms with Gasteiger partial charge in [0.1, 0.15) is 11.9 Å². The van der Waals surface area contributed by atoms with E-state index in [9.17, 15) is 14.7 Å². The minimum absolute atomic E-state index is 0.267. The summed E-state index contributed by atoms with van der Waals surface area (Å²) >= 11 is 5.88. The highest BCUT2D eigenvalue weighted by Gasteiger charge is 2.18. The number of amides is 2. The predicted molar refractivity (Wildman–Crippen MR) is 81.2 cm³/mol. The fourth-order valence-corrected chi connectivity index (χ4v) is 2.08. The van der Waals surface area contributed by atoms with Gasteiger partial charge in [-0.2, -0.15) is 0 Å². The maximum atomic E-state index is 12.0. The number of rotatable bonds is 5. The number of aromatic amines is 1. The highest BCUT2D eigenvalue weighted by atomic mass is 35.5. The minimum atomic E-state index is -1.31. The number of hydrogen-bond donors (Lipinski definition) is 3. The lowest BCUT2D eigenvalue weighted by atomic mass is 10.2. The van der Waals surface area contributed by atoms with Gasteiger partial charge in [0.15, 0.2) is 0 Å². The molecular formula is C14H16ClN3O4. The highest BCUT2D eigenvalue weighted by molar-refractivity contribution is 6.31. The van der Waals surface area contributed by atoms with Crippen LogP contribution in [-0.2, 0) is 9.63 Å². The zero-order valence-corrected chi connectivity index (χ0v) is 12.8. The minimum Gasteiger partial charge on any atom is -0.373 e. The van der Waals surface area contributed by atoms with Gasteiger partial charge in [0.05, 0.1) is 13.5 Å². The topological polar surface area (TPSA) is 94.7 Å². The molecule has 0 aliphatic heterocycles. The number of fused-ring (bicyclic) bond motifs is 1. The van der Waals surface area contributed by atoms with Crippen LogP contribution in [-0.4, -0.2) is 47.4 Å². The Balaban J connectivity index is 2.02. The number of aromatic nitrogens is 1. The Morgan fingerprint density at radius 2 is 2.18 bits per heavy atom. The lowest BCUT2D eigenvalue weighted by Crippen LogP contribution is -2.39. The first-order valence-corrected chi connectivity index (χ1v) is 6.86. The Morgan fingerprint density at radius 3 is 2.86 bits per heavy atom. The largest absolute Gasteiger partial charge is 0.373 e.